The van der Waals surface area contributed by atoms with Gasteiger partial charge in [-0.3, -0.25) is 0 Å². The predicted octanol–water partition coefficient (Wildman–Crippen LogP) is 1.04. The molecule has 6 nitrogen and oxygen atoms in total. The molecule has 0 spiro atoms. The van der Waals surface area contributed by atoms with Gasteiger partial charge in [0.05, 0.1) is 5.69 Å². The number of hydrogen-bond donors (Lipinski definition) is 3. The van der Waals surface area contributed by atoms with Crippen LogP contribution in [-0.4, -0.2) is 24.9 Å². The van der Waals surface area contributed by atoms with E-state index in [-0.39, 0.29) is 17.1 Å². The summed E-state index contributed by atoms with van der Waals surface area (Å²) in [5, 5.41) is 0. The van der Waals surface area contributed by atoms with Crippen molar-refractivity contribution in [3.8, 4) is 0 Å². The molecule has 0 atom stereocenters. The second-order valence-electron chi connectivity index (χ2n) is 4.22. The molecule has 1 aromatic carbocycles. The maximum atomic E-state index is 13.1. The normalized spacial score (nSPS) is 11.7. The quantitative estimate of drug-likeness (QED) is 0.548. The van der Waals surface area contributed by atoms with E-state index in [4.69, 9.17) is 5.73 Å². The first-order chi connectivity index (χ1) is 9.49. The number of nitrogens with zero attached hydrogens (tertiary/aromatic N) is 1. The Morgan fingerprint density at radius 1 is 1.40 bits per heavy atom. The third kappa shape index (κ3) is 3.55. The Balaban J connectivity index is 1.95. The number of rotatable bonds is 6. The van der Waals surface area contributed by atoms with Gasteiger partial charge < -0.3 is 10.7 Å². The van der Waals surface area contributed by atoms with Crippen molar-refractivity contribution in [2.24, 2.45) is 0 Å². The molecule has 1 aromatic heterocycles. The molecule has 0 saturated carbocycles. The van der Waals surface area contributed by atoms with Crippen LogP contribution in [-0.2, 0) is 16.4 Å². The lowest BCUT2D eigenvalue weighted by Crippen LogP contribution is -2.26. The van der Waals surface area contributed by atoms with Crippen LogP contribution < -0.4 is 10.5 Å². The number of aromatic amines is 1. The van der Waals surface area contributed by atoms with Gasteiger partial charge in [-0.25, -0.2) is 22.5 Å². The number of H-pyrrole nitrogens is 1. The highest BCUT2D eigenvalue weighted by Crippen LogP contribution is 2.18. The highest BCUT2D eigenvalue weighted by atomic mass is 32.2. The molecule has 0 aliphatic carbocycles. The Bertz CT molecular complexity index is 671. The Morgan fingerprint density at radius 3 is 2.90 bits per heavy atom. The van der Waals surface area contributed by atoms with Gasteiger partial charge in [-0.1, -0.05) is 0 Å². The van der Waals surface area contributed by atoms with Crippen molar-refractivity contribution in [2.75, 3.05) is 12.3 Å². The van der Waals surface area contributed by atoms with Crippen LogP contribution in [0.5, 0.6) is 0 Å². The summed E-state index contributed by atoms with van der Waals surface area (Å²) in [5.74, 6) is 0.143. The van der Waals surface area contributed by atoms with E-state index in [1.165, 1.54) is 6.07 Å². The number of aromatic nitrogens is 2. The molecule has 0 aliphatic heterocycles. The SMILES string of the molecule is Nc1ccc(F)cc1S(=O)(=O)NCCCc1ncc[nH]1. The lowest BCUT2D eigenvalue weighted by Gasteiger charge is -2.08. The first kappa shape index (κ1) is 14.5. The van der Waals surface area contributed by atoms with Crippen molar-refractivity contribution in [3.63, 3.8) is 0 Å². The average Bonchev–Trinajstić information content (AvgIpc) is 2.90. The van der Waals surface area contributed by atoms with E-state index < -0.39 is 15.8 Å². The van der Waals surface area contributed by atoms with Crippen LogP contribution >= 0.6 is 0 Å². The number of benzene rings is 1. The number of nitrogen functional groups attached to an aromatic ring is 1. The third-order valence-corrected chi connectivity index (χ3v) is 4.22. The van der Waals surface area contributed by atoms with E-state index >= 15 is 0 Å². The van der Waals surface area contributed by atoms with Gasteiger partial charge >= 0.3 is 0 Å². The molecule has 20 heavy (non-hydrogen) atoms. The summed E-state index contributed by atoms with van der Waals surface area (Å²) in [5.41, 5.74) is 5.57. The van der Waals surface area contributed by atoms with E-state index in [9.17, 15) is 12.8 Å². The number of sulfonamides is 1. The Morgan fingerprint density at radius 2 is 2.20 bits per heavy atom. The Hall–Kier alpha value is -1.93. The summed E-state index contributed by atoms with van der Waals surface area (Å²) in [6.07, 6.45) is 4.52. The number of halogens is 1. The van der Waals surface area contributed by atoms with Gasteiger partial charge in [0.1, 0.15) is 16.5 Å². The fraction of sp³-hybridized carbons (Fsp3) is 0.250. The summed E-state index contributed by atoms with van der Waals surface area (Å²) < 4.78 is 39.5. The molecule has 108 valence electrons. The fourth-order valence-corrected chi connectivity index (χ4v) is 2.93. The first-order valence-electron chi connectivity index (χ1n) is 6.02. The minimum Gasteiger partial charge on any atom is -0.398 e. The van der Waals surface area contributed by atoms with Gasteiger partial charge in [0.2, 0.25) is 10.0 Å². The van der Waals surface area contributed by atoms with Crippen molar-refractivity contribution in [1.29, 1.82) is 0 Å². The van der Waals surface area contributed by atoms with Crippen LogP contribution in [0.4, 0.5) is 10.1 Å². The second-order valence-corrected chi connectivity index (χ2v) is 5.95. The molecule has 1 heterocycles. The third-order valence-electron chi connectivity index (χ3n) is 2.70. The number of nitrogens with two attached hydrogens (primary N) is 1. The van der Waals surface area contributed by atoms with E-state index in [1.54, 1.807) is 12.4 Å². The zero-order valence-corrected chi connectivity index (χ0v) is 11.5. The zero-order chi connectivity index (χ0) is 14.6. The molecular weight excluding hydrogens is 283 g/mol. The topological polar surface area (TPSA) is 101 Å². The molecule has 0 amide bonds. The Labute approximate surface area is 116 Å². The summed E-state index contributed by atoms with van der Waals surface area (Å²) in [6.45, 7) is 0.221. The molecule has 0 unspecified atom stereocenters. The molecule has 0 saturated heterocycles. The van der Waals surface area contributed by atoms with Crippen LogP contribution in [0.15, 0.2) is 35.5 Å². The predicted molar refractivity (Wildman–Crippen MR) is 72.9 cm³/mol. The minimum absolute atomic E-state index is 0.0185. The van der Waals surface area contributed by atoms with E-state index in [0.29, 0.717) is 12.8 Å². The van der Waals surface area contributed by atoms with Crippen LogP contribution in [0, 0.1) is 5.82 Å². The van der Waals surface area contributed by atoms with Crippen LogP contribution in [0.3, 0.4) is 0 Å². The molecular formula is C12H15FN4O2S. The van der Waals surface area contributed by atoms with E-state index in [1.807, 2.05) is 0 Å². The van der Waals surface area contributed by atoms with E-state index in [2.05, 4.69) is 14.7 Å². The molecule has 0 radical (unpaired) electrons. The Kier molecular flexibility index (Phi) is 4.35. The first-order valence-corrected chi connectivity index (χ1v) is 7.50. The number of nitrogens with one attached hydrogen (secondary N) is 2. The smallest absolute Gasteiger partial charge is 0.242 e. The standard InChI is InChI=1S/C12H15FN4O2S/c13-9-3-4-10(14)11(8-9)20(18,19)17-5-1-2-12-15-6-7-16-12/h3-4,6-8,17H,1-2,5,14H2,(H,15,16). The van der Waals surface area contributed by atoms with Crippen molar-refractivity contribution < 1.29 is 12.8 Å². The molecule has 0 aliphatic rings. The summed E-state index contributed by atoms with van der Waals surface area (Å²) in [7, 11) is -3.80. The molecule has 0 bridgehead atoms. The molecule has 4 N–H and O–H groups in total. The summed E-state index contributed by atoms with van der Waals surface area (Å²) >= 11 is 0. The minimum atomic E-state index is -3.80. The van der Waals surface area contributed by atoms with Crippen molar-refractivity contribution in [2.45, 2.75) is 17.7 Å². The lowest BCUT2D eigenvalue weighted by molar-refractivity contribution is 0.575. The summed E-state index contributed by atoms with van der Waals surface area (Å²) in [6, 6.07) is 3.25. The monoisotopic (exact) mass is 298 g/mol. The summed E-state index contributed by atoms with van der Waals surface area (Å²) in [4.78, 5) is 6.72. The maximum Gasteiger partial charge on any atom is 0.242 e. The van der Waals surface area contributed by atoms with Gasteiger partial charge in [0.15, 0.2) is 0 Å². The highest BCUT2D eigenvalue weighted by Gasteiger charge is 2.17. The van der Waals surface area contributed by atoms with Crippen LogP contribution in [0.25, 0.3) is 0 Å². The number of aryl methyl sites for hydroxylation is 1. The van der Waals surface area contributed by atoms with Gasteiger partial charge in [-0.05, 0) is 24.6 Å². The average molecular weight is 298 g/mol. The van der Waals surface area contributed by atoms with Crippen molar-refractivity contribution in [3.05, 3.63) is 42.2 Å². The zero-order valence-electron chi connectivity index (χ0n) is 10.6. The fourth-order valence-electron chi connectivity index (χ4n) is 1.72. The number of anilines is 1. The largest absolute Gasteiger partial charge is 0.398 e. The maximum absolute atomic E-state index is 13.1. The van der Waals surface area contributed by atoms with Crippen molar-refractivity contribution in [1.82, 2.24) is 14.7 Å². The van der Waals surface area contributed by atoms with Gasteiger partial charge in [0, 0.05) is 25.4 Å². The van der Waals surface area contributed by atoms with Gasteiger partial charge in [-0.15, -0.1) is 0 Å². The van der Waals surface area contributed by atoms with E-state index in [0.717, 1.165) is 18.0 Å². The lowest BCUT2D eigenvalue weighted by atomic mass is 10.3. The van der Waals surface area contributed by atoms with Crippen LogP contribution in [0.2, 0.25) is 0 Å². The number of hydrogen-bond acceptors (Lipinski definition) is 4. The molecule has 0 fully saturated rings. The molecule has 2 aromatic rings. The van der Waals surface area contributed by atoms with Crippen LogP contribution in [0.1, 0.15) is 12.2 Å². The molecule has 2 rings (SSSR count). The number of imidazole rings is 1. The molecule has 8 heteroatoms. The van der Waals surface area contributed by atoms with Gasteiger partial charge in [0.25, 0.3) is 0 Å². The van der Waals surface area contributed by atoms with Crippen molar-refractivity contribution >= 4 is 15.7 Å². The second kappa shape index (κ2) is 6.02. The van der Waals surface area contributed by atoms with Gasteiger partial charge in [-0.2, -0.15) is 0 Å². The highest BCUT2D eigenvalue weighted by molar-refractivity contribution is 7.89.